The Kier molecular flexibility index (Phi) is 4.34. The number of nitro groups is 1. The van der Waals surface area contributed by atoms with Crippen LogP contribution in [0.25, 0.3) is 16.8 Å². The molecule has 0 fully saturated rings. The van der Waals surface area contributed by atoms with Gasteiger partial charge in [-0.2, -0.15) is 0 Å². The largest absolute Gasteiger partial charge is 0.322 e. The van der Waals surface area contributed by atoms with Crippen LogP contribution in [0.15, 0.2) is 72.8 Å². The van der Waals surface area contributed by atoms with Gasteiger partial charge in [0.25, 0.3) is 5.69 Å². The van der Waals surface area contributed by atoms with Gasteiger partial charge in [-0.05, 0) is 46.7 Å². The smallest absolute Gasteiger partial charge is 0.269 e. The lowest BCUT2D eigenvalue weighted by atomic mass is 10.1. The number of nitrogens with one attached hydrogen (secondary N) is 1. The first-order valence-electron chi connectivity index (χ1n) is 7.34. The maximum atomic E-state index is 12.0. The Balaban J connectivity index is 1.68. The van der Waals surface area contributed by atoms with E-state index >= 15 is 0 Å². The van der Waals surface area contributed by atoms with E-state index in [0.717, 1.165) is 10.8 Å². The molecule has 0 aliphatic rings. The number of fused-ring (bicyclic) bond motifs is 1. The second-order valence-electron chi connectivity index (χ2n) is 5.23. The van der Waals surface area contributed by atoms with E-state index < -0.39 is 4.92 Å². The second kappa shape index (κ2) is 6.75. The van der Waals surface area contributed by atoms with Crippen LogP contribution in [-0.4, -0.2) is 10.8 Å². The van der Waals surface area contributed by atoms with Crippen LogP contribution in [-0.2, 0) is 4.79 Å². The van der Waals surface area contributed by atoms with Gasteiger partial charge in [-0.15, -0.1) is 0 Å². The first kappa shape index (κ1) is 15.4. The molecule has 0 saturated heterocycles. The fourth-order valence-corrected chi connectivity index (χ4v) is 2.33. The second-order valence-corrected chi connectivity index (χ2v) is 5.23. The maximum absolute atomic E-state index is 12.0. The third-order valence-corrected chi connectivity index (χ3v) is 3.55. The summed E-state index contributed by atoms with van der Waals surface area (Å²) >= 11 is 0. The van der Waals surface area contributed by atoms with Crippen molar-refractivity contribution in [1.29, 1.82) is 0 Å². The number of carbonyl (C=O) groups is 1. The third kappa shape index (κ3) is 3.64. The summed E-state index contributed by atoms with van der Waals surface area (Å²) in [5.74, 6) is -0.261. The molecule has 3 aromatic rings. The van der Waals surface area contributed by atoms with Gasteiger partial charge >= 0.3 is 0 Å². The lowest BCUT2D eigenvalue weighted by Crippen LogP contribution is -2.07. The molecule has 1 amide bonds. The maximum Gasteiger partial charge on any atom is 0.269 e. The van der Waals surface area contributed by atoms with Crippen molar-refractivity contribution in [3.8, 4) is 0 Å². The minimum atomic E-state index is -0.458. The van der Waals surface area contributed by atoms with Gasteiger partial charge in [0, 0.05) is 23.9 Å². The molecule has 5 heteroatoms. The van der Waals surface area contributed by atoms with Crippen LogP contribution < -0.4 is 5.32 Å². The van der Waals surface area contributed by atoms with E-state index in [9.17, 15) is 14.9 Å². The normalized spacial score (nSPS) is 10.8. The molecule has 118 valence electrons. The van der Waals surface area contributed by atoms with Gasteiger partial charge in [0.2, 0.25) is 5.91 Å². The van der Waals surface area contributed by atoms with Crippen LogP contribution in [0.2, 0.25) is 0 Å². The zero-order valence-electron chi connectivity index (χ0n) is 12.7. The molecule has 0 aliphatic heterocycles. The van der Waals surface area contributed by atoms with E-state index in [0.29, 0.717) is 11.3 Å². The van der Waals surface area contributed by atoms with Crippen LogP contribution in [0.5, 0.6) is 0 Å². The summed E-state index contributed by atoms with van der Waals surface area (Å²) in [5, 5.41) is 15.6. The molecule has 0 aromatic heterocycles. The van der Waals surface area contributed by atoms with Crippen molar-refractivity contribution in [2.24, 2.45) is 0 Å². The molecule has 0 spiro atoms. The van der Waals surface area contributed by atoms with Gasteiger partial charge in [0.05, 0.1) is 4.92 Å². The number of amides is 1. The summed E-state index contributed by atoms with van der Waals surface area (Å²) < 4.78 is 0. The van der Waals surface area contributed by atoms with Crippen molar-refractivity contribution in [2.75, 3.05) is 5.32 Å². The molecular formula is C19H14N2O3. The number of nitro benzene ring substituents is 1. The topological polar surface area (TPSA) is 72.2 Å². The molecule has 0 unspecified atom stereocenters. The van der Waals surface area contributed by atoms with E-state index in [1.807, 2.05) is 42.5 Å². The molecule has 1 N–H and O–H groups in total. The fraction of sp³-hybridized carbons (Fsp3) is 0. The molecule has 0 saturated carbocycles. The molecular weight excluding hydrogens is 304 g/mol. The first-order valence-corrected chi connectivity index (χ1v) is 7.34. The highest BCUT2D eigenvalue weighted by molar-refractivity contribution is 6.03. The molecule has 0 heterocycles. The molecule has 0 radical (unpaired) electrons. The van der Waals surface area contributed by atoms with E-state index in [1.54, 1.807) is 18.2 Å². The summed E-state index contributed by atoms with van der Waals surface area (Å²) in [4.78, 5) is 22.1. The summed E-state index contributed by atoms with van der Waals surface area (Å²) in [6.45, 7) is 0. The minimum absolute atomic E-state index is 0.0211. The predicted molar refractivity (Wildman–Crippen MR) is 94.7 cm³/mol. The monoisotopic (exact) mass is 318 g/mol. The lowest BCUT2D eigenvalue weighted by Gasteiger charge is -2.04. The van der Waals surface area contributed by atoms with Gasteiger partial charge in [-0.1, -0.05) is 30.3 Å². The minimum Gasteiger partial charge on any atom is -0.322 e. The highest BCUT2D eigenvalue weighted by atomic mass is 16.6. The molecule has 0 bridgehead atoms. The van der Waals surface area contributed by atoms with Gasteiger partial charge in [0.1, 0.15) is 0 Å². The van der Waals surface area contributed by atoms with Crippen LogP contribution in [0.3, 0.4) is 0 Å². The number of hydrogen-bond acceptors (Lipinski definition) is 3. The number of anilines is 1. The van der Waals surface area contributed by atoms with E-state index in [2.05, 4.69) is 5.32 Å². The Hall–Kier alpha value is -3.47. The van der Waals surface area contributed by atoms with Gasteiger partial charge in [-0.3, -0.25) is 14.9 Å². The van der Waals surface area contributed by atoms with Crippen molar-refractivity contribution >= 4 is 34.1 Å². The SMILES string of the molecule is O=C(/C=C/c1ccc([N+](=O)[O-])cc1)Nc1ccc2ccccc2c1. The van der Waals surface area contributed by atoms with Gasteiger partial charge < -0.3 is 5.32 Å². The molecule has 0 atom stereocenters. The number of carbonyl (C=O) groups excluding carboxylic acids is 1. The Labute approximate surface area is 138 Å². The van der Waals surface area contributed by atoms with Crippen molar-refractivity contribution in [1.82, 2.24) is 0 Å². The Bertz CT molecular complexity index is 931. The van der Waals surface area contributed by atoms with Crippen LogP contribution in [0.1, 0.15) is 5.56 Å². The number of rotatable bonds is 4. The summed E-state index contributed by atoms with van der Waals surface area (Å²) in [7, 11) is 0. The highest BCUT2D eigenvalue weighted by Crippen LogP contribution is 2.19. The summed E-state index contributed by atoms with van der Waals surface area (Å²) in [6, 6.07) is 19.6. The van der Waals surface area contributed by atoms with E-state index in [-0.39, 0.29) is 11.6 Å². The average molecular weight is 318 g/mol. The number of hydrogen-bond donors (Lipinski definition) is 1. The van der Waals surface area contributed by atoms with Crippen molar-refractivity contribution < 1.29 is 9.72 Å². The third-order valence-electron chi connectivity index (χ3n) is 3.55. The van der Waals surface area contributed by atoms with Gasteiger partial charge in [-0.25, -0.2) is 0 Å². The van der Waals surface area contributed by atoms with Crippen molar-refractivity contribution in [3.05, 3.63) is 88.5 Å². The standard InChI is InChI=1S/C19H14N2O3/c22-19(12-7-14-5-10-18(11-6-14)21(23)24)20-17-9-8-15-3-1-2-4-16(15)13-17/h1-13H,(H,20,22)/b12-7+. The van der Waals surface area contributed by atoms with Crippen LogP contribution >= 0.6 is 0 Å². The highest BCUT2D eigenvalue weighted by Gasteiger charge is 2.03. The molecule has 3 rings (SSSR count). The van der Waals surface area contributed by atoms with Crippen molar-refractivity contribution in [2.45, 2.75) is 0 Å². The van der Waals surface area contributed by atoms with Crippen molar-refractivity contribution in [3.63, 3.8) is 0 Å². The van der Waals surface area contributed by atoms with Gasteiger partial charge in [0.15, 0.2) is 0 Å². The zero-order valence-corrected chi connectivity index (χ0v) is 12.7. The number of benzene rings is 3. The number of non-ortho nitro benzene ring substituents is 1. The Morgan fingerprint density at radius 2 is 1.67 bits per heavy atom. The molecule has 5 nitrogen and oxygen atoms in total. The lowest BCUT2D eigenvalue weighted by molar-refractivity contribution is -0.384. The molecule has 24 heavy (non-hydrogen) atoms. The average Bonchev–Trinajstić information content (AvgIpc) is 2.60. The van der Waals surface area contributed by atoms with E-state index in [4.69, 9.17) is 0 Å². The first-order chi connectivity index (χ1) is 11.6. The zero-order chi connectivity index (χ0) is 16.9. The molecule has 0 aliphatic carbocycles. The Morgan fingerprint density at radius 1 is 0.958 bits per heavy atom. The quantitative estimate of drug-likeness (QED) is 0.440. The summed E-state index contributed by atoms with van der Waals surface area (Å²) in [6.07, 6.45) is 3.01. The van der Waals surface area contributed by atoms with Crippen LogP contribution in [0, 0.1) is 10.1 Å². The van der Waals surface area contributed by atoms with E-state index in [1.165, 1.54) is 18.2 Å². The predicted octanol–water partition coefficient (Wildman–Crippen LogP) is 4.40. The molecule has 3 aromatic carbocycles. The summed E-state index contributed by atoms with van der Waals surface area (Å²) in [5.41, 5.74) is 1.45. The number of nitrogens with zero attached hydrogens (tertiary/aromatic N) is 1. The van der Waals surface area contributed by atoms with Crippen LogP contribution in [0.4, 0.5) is 11.4 Å². The fourth-order valence-electron chi connectivity index (χ4n) is 2.33. The Morgan fingerprint density at radius 3 is 2.38 bits per heavy atom.